The Balaban J connectivity index is 1.28. The zero-order valence-corrected chi connectivity index (χ0v) is 19.0. The van der Waals surface area contributed by atoms with Crippen LogP contribution < -0.4 is 19.7 Å². The normalized spacial score (nSPS) is 20.7. The van der Waals surface area contributed by atoms with Crippen molar-refractivity contribution in [1.82, 2.24) is 15.3 Å². The standard InChI is InChI=1S/C27H28N4O2/c1-31(22-7-6-20-4-5-21(15-22)29-20)25-10-9-24-23-8-3-17(13-19(23)16-33-27(24)30-25)18-11-12-28-26(14-18)32-2/h3,7-14,20-21,29H,4-6,15-16H2,1-2H3/t20-,21+/m1/s1. The molecule has 6 heteroatoms. The van der Waals surface area contributed by atoms with Crippen LogP contribution in [-0.2, 0) is 6.61 Å². The first-order chi connectivity index (χ1) is 16.2. The third kappa shape index (κ3) is 3.74. The number of aromatic nitrogens is 2. The Morgan fingerprint density at radius 3 is 2.79 bits per heavy atom. The van der Waals surface area contributed by atoms with E-state index in [1.165, 1.54) is 24.1 Å². The van der Waals surface area contributed by atoms with Crippen LogP contribution in [0.15, 0.2) is 60.4 Å². The lowest BCUT2D eigenvalue weighted by Crippen LogP contribution is -2.29. The third-order valence-corrected chi connectivity index (χ3v) is 7.09. The second-order valence-corrected chi connectivity index (χ2v) is 9.10. The van der Waals surface area contributed by atoms with Gasteiger partial charge in [-0.25, -0.2) is 4.98 Å². The molecule has 3 aliphatic rings. The molecule has 168 valence electrons. The van der Waals surface area contributed by atoms with Crippen LogP contribution in [0.3, 0.4) is 0 Å². The molecule has 0 aliphatic carbocycles. The number of fused-ring (bicyclic) bond motifs is 5. The molecule has 0 spiro atoms. The van der Waals surface area contributed by atoms with E-state index >= 15 is 0 Å². The van der Waals surface area contributed by atoms with Crippen LogP contribution in [0.5, 0.6) is 11.8 Å². The number of rotatable bonds is 4. The van der Waals surface area contributed by atoms with E-state index in [9.17, 15) is 0 Å². The van der Waals surface area contributed by atoms with E-state index in [1.54, 1.807) is 13.3 Å². The molecule has 0 saturated carbocycles. The van der Waals surface area contributed by atoms with E-state index in [-0.39, 0.29) is 0 Å². The predicted octanol–water partition coefficient (Wildman–Crippen LogP) is 4.95. The first-order valence-electron chi connectivity index (χ1n) is 11.6. The van der Waals surface area contributed by atoms with Crippen molar-refractivity contribution in [3.8, 4) is 34.0 Å². The van der Waals surface area contributed by atoms with E-state index in [1.807, 2.05) is 12.1 Å². The molecule has 5 heterocycles. The number of nitrogens with zero attached hydrogens (tertiary/aromatic N) is 3. The average molecular weight is 441 g/mol. The maximum atomic E-state index is 6.13. The molecule has 1 saturated heterocycles. The van der Waals surface area contributed by atoms with Crippen molar-refractivity contribution in [1.29, 1.82) is 0 Å². The fourth-order valence-corrected chi connectivity index (χ4v) is 5.22. The van der Waals surface area contributed by atoms with Gasteiger partial charge >= 0.3 is 0 Å². The van der Waals surface area contributed by atoms with Gasteiger partial charge in [0.1, 0.15) is 12.4 Å². The molecule has 2 aromatic heterocycles. The van der Waals surface area contributed by atoms with E-state index in [4.69, 9.17) is 14.5 Å². The minimum atomic E-state index is 0.509. The van der Waals surface area contributed by atoms with E-state index in [2.05, 4.69) is 58.7 Å². The Hall–Kier alpha value is -3.38. The van der Waals surface area contributed by atoms with Gasteiger partial charge in [0.2, 0.25) is 11.8 Å². The van der Waals surface area contributed by atoms with Crippen LogP contribution in [0.2, 0.25) is 0 Å². The first kappa shape index (κ1) is 20.2. The molecule has 2 bridgehead atoms. The zero-order valence-electron chi connectivity index (χ0n) is 19.0. The van der Waals surface area contributed by atoms with Crippen LogP contribution in [-0.4, -0.2) is 36.2 Å². The van der Waals surface area contributed by atoms with Crippen molar-refractivity contribution >= 4 is 5.82 Å². The molecule has 33 heavy (non-hydrogen) atoms. The van der Waals surface area contributed by atoms with Crippen LogP contribution in [0, 0.1) is 0 Å². The highest BCUT2D eigenvalue weighted by atomic mass is 16.5. The molecule has 3 aromatic rings. The lowest BCUT2D eigenvalue weighted by molar-refractivity contribution is 0.290. The fraction of sp³-hybridized carbons (Fsp3) is 0.333. The van der Waals surface area contributed by atoms with Gasteiger partial charge in [-0.05, 0) is 65.8 Å². The van der Waals surface area contributed by atoms with Gasteiger partial charge in [-0.3, -0.25) is 0 Å². The summed E-state index contributed by atoms with van der Waals surface area (Å²) >= 11 is 0. The highest BCUT2D eigenvalue weighted by molar-refractivity contribution is 5.78. The lowest BCUT2D eigenvalue weighted by Gasteiger charge is -2.26. The van der Waals surface area contributed by atoms with Crippen molar-refractivity contribution < 1.29 is 9.47 Å². The minimum absolute atomic E-state index is 0.509. The van der Waals surface area contributed by atoms with Gasteiger partial charge in [0.15, 0.2) is 0 Å². The maximum Gasteiger partial charge on any atom is 0.223 e. The number of nitrogens with one attached hydrogen (secondary N) is 1. The summed E-state index contributed by atoms with van der Waals surface area (Å²) in [6.07, 6.45) is 8.85. The van der Waals surface area contributed by atoms with Crippen LogP contribution in [0.1, 0.15) is 31.2 Å². The minimum Gasteiger partial charge on any atom is -0.481 e. The molecular formula is C27H28N4O2. The highest BCUT2D eigenvalue weighted by Gasteiger charge is 2.28. The molecule has 6 rings (SSSR count). The number of methoxy groups -OCH3 is 1. The number of ether oxygens (including phenoxy) is 2. The Morgan fingerprint density at radius 1 is 1.03 bits per heavy atom. The highest BCUT2D eigenvalue weighted by Crippen LogP contribution is 2.40. The van der Waals surface area contributed by atoms with Gasteiger partial charge in [-0.2, -0.15) is 4.98 Å². The SMILES string of the molecule is COc1cc(-c2ccc3c(c2)COc2nc(N(C)C4=CC[C@H]5CC[C@@H](C4)N5)ccc2-3)ccn1. The average Bonchev–Trinajstić information content (AvgIpc) is 3.21. The summed E-state index contributed by atoms with van der Waals surface area (Å²) in [5, 5.41) is 3.74. The third-order valence-electron chi connectivity index (χ3n) is 7.09. The van der Waals surface area contributed by atoms with Gasteiger partial charge in [0.25, 0.3) is 0 Å². The van der Waals surface area contributed by atoms with Crippen molar-refractivity contribution in [3.05, 3.63) is 66.0 Å². The monoisotopic (exact) mass is 440 g/mol. The zero-order chi connectivity index (χ0) is 22.4. The number of hydrogen-bond donors (Lipinski definition) is 1. The van der Waals surface area contributed by atoms with E-state index < -0.39 is 0 Å². The number of benzene rings is 1. The van der Waals surface area contributed by atoms with Crippen LogP contribution in [0.4, 0.5) is 5.82 Å². The Kier molecular flexibility index (Phi) is 5.03. The number of pyridine rings is 2. The smallest absolute Gasteiger partial charge is 0.223 e. The quantitative estimate of drug-likeness (QED) is 0.620. The second kappa shape index (κ2) is 8.19. The molecule has 1 aromatic carbocycles. The van der Waals surface area contributed by atoms with Gasteiger partial charge in [-0.15, -0.1) is 0 Å². The molecule has 3 aliphatic heterocycles. The fourth-order valence-electron chi connectivity index (χ4n) is 5.22. The predicted molar refractivity (Wildman–Crippen MR) is 129 cm³/mol. The van der Waals surface area contributed by atoms with Gasteiger partial charge < -0.3 is 19.7 Å². The van der Waals surface area contributed by atoms with Gasteiger partial charge in [-0.1, -0.05) is 18.2 Å². The van der Waals surface area contributed by atoms with Crippen molar-refractivity contribution in [2.45, 2.75) is 44.4 Å². The second-order valence-electron chi connectivity index (χ2n) is 9.10. The molecule has 6 nitrogen and oxygen atoms in total. The largest absolute Gasteiger partial charge is 0.481 e. The van der Waals surface area contributed by atoms with Crippen molar-refractivity contribution in [2.75, 3.05) is 19.1 Å². The summed E-state index contributed by atoms with van der Waals surface area (Å²) < 4.78 is 11.4. The summed E-state index contributed by atoms with van der Waals surface area (Å²) in [5.74, 6) is 2.25. The Labute approximate surface area is 194 Å². The molecule has 1 fully saturated rings. The molecule has 1 N–H and O–H groups in total. The van der Waals surface area contributed by atoms with Crippen molar-refractivity contribution in [3.63, 3.8) is 0 Å². The summed E-state index contributed by atoms with van der Waals surface area (Å²) in [7, 11) is 3.75. The molecular weight excluding hydrogens is 412 g/mol. The van der Waals surface area contributed by atoms with Crippen molar-refractivity contribution in [2.24, 2.45) is 0 Å². The molecule has 2 atom stereocenters. The Bertz CT molecular complexity index is 1240. The number of anilines is 1. The molecule has 0 radical (unpaired) electrons. The number of hydrogen-bond acceptors (Lipinski definition) is 6. The van der Waals surface area contributed by atoms with Gasteiger partial charge in [0, 0.05) is 49.1 Å². The summed E-state index contributed by atoms with van der Waals surface area (Å²) in [5.41, 5.74) is 6.92. The molecule has 0 unspecified atom stereocenters. The summed E-state index contributed by atoms with van der Waals surface area (Å²) in [6.45, 7) is 0.509. The van der Waals surface area contributed by atoms with Crippen LogP contribution in [0.25, 0.3) is 22.3 Å². The summed E-state index contributed by atoms with van der Waals surface area (Å²) in [4.78, 5) is 11.3. The first-order valence-corrected chi connectivity index (χ1v) is 11.6. The maximum absolute atomic E-state index is 6.13. The molecule has 0 amide bonds. The Morgan fingerprint density at radius 2 is 1.88 bits per heavy atom. The van der Waals surface area contributed by atoms with E-state index in [0.717, 1.165) is 40.9 Å². The van der Waals surface area contributed by atoms with Gasteiger partial charge in [0.05, 0.1) is 7.11 Å². The topological polar surface area (TPSA) is 59.5 Å². The van der Waals surface area contributed by atoms with Crippen LogP contribution >= 0.6 is 0 Å². The lowest BCUT2D eigenvalue weighted by atomic mass is 9.94. The summed E-state index contributed by atoms with van der Waals surface area (Å²) in [6, 6.07) is 15.9. The van der Waals surface area contributed by atoms with E-state index in [0.29, 0.717) is 30.5 Å².